The predicted molar refractivity (Wildman–Crippen MR) is 139 cm³/mol. The number of carbonyl (C=O) groups is 4. The standard InChI is InChI=1S/C27H37BFN3O5/c1-6-20(33)31-22(24(28)34)14(2)17-11-12-19(18(29)13-17)30-25(35)23(32-26(36)37-27(3,4)5)21(15-7-8-15)16-9-10-16/h11-16,21-23H,6-10H2,1-5H3,(H,30,35)(H,31,33)(H,32,36)/t14-,22+,23-/m0/s1. The summed E-state index contributed by atoms with van der Waals surface area (Å²) in [6.07, 6.45) is 3.48. The third-order valence-corrected chi connectivity index (χ3v) is 6.89. The number of alkyl carbamates (subject to hydrolysis) is 1. The normalized spacial score (nSPS) is 17.9. The number of rotatable bonds is 11. The van der Waals surface area contributed by atoms with Crippen molar-refractivity contribution in [2.75, 3.05) is 5.32 Å². The van der Waals surface area contributed by atoms with Crippen molar-refractivity contribution in [1.29, 1.82) is 0 Å². The van der Waals surface area contributed by atoms with Crippen molar-refractivity contribution in [3.63, 3.8) is 0 Å². The maximum absolute atomic E-state index is 15.1. The van der Waals surface area contributed by atoms with Crippen LogP contribution in [0, 0.1) is 23.6 Å². The molecule has 0 aromatic heterocycles. The van der Waals surface area contributed by atoms with E-state index in [-0.39, 0.29) is 23.9 Å². The summed E-state index contributed by atoms with van der Waals surface area (Å²) < 4.78 is 20.5. The van der Waals surface area contributed by atoms with E-state index in [1.54, 1.807) is 40.7 Å². The zero-order valence-corrected chi connectivity index (χ0v) is 22.2. The Balaban J connectivity index is 1.77. The molecular formula is C27H37BFN3O5. The molecule has 0 aliphatic heterocycles. The van der Waals surface area contributed by atoms with Crippen LogP contribution in [0.2, 0.25) is 0 Å². The Morgan fingerprint density at radius 1 is 1.05 bits per heavy atom. The third-order valence-electron chi connectivity index (χ3n) is 6.89. The van der Waals surface area contributed by atoms with Crippen LogP contribution >= 0.6 is 0 Å². The fraction of sp³-hybridized carbons (Fsp3) is 0.630. The number of ether oxygens (including phenoxy) is 1. The van der Waals surface area contributed by atoms with Gasteiger partial charge in [0.05, 0.1) is 17.4 Å². The summed E-state index contributed by atoms with van der Waals surface area (Å²) in [5.41, 5.74) is -1.06. The number of amides is 3. The molecule has 0 spiro atoms. The zero-order chi connectivity index (χ0) is 27.5. The molecule has 0 saturated heterocycles. The average molecular weight is 513 g/mol. The highest BCUT2D eigenvalue weighted by Crippen LogP contribution is 2.51. The van der Waals surface area contributed by atoms with Crippen LogP contribution in [0.3, 0.4) is 0 Å². The van der Waals surface area contributed by atoms with Crippen LogP contribution in [0.5, 0.6) is 0 Å². The minimum Gasteiger partial charge on any atom is -0.444 e. The lowest BCUT2D eigenvalue weighted by Gasteiger charge is -2.29. The van der Waals surface area contributed by atoms with Crippen molar-refractivity contribution in [3.8, 4) is 0 Å². The van der Waals surface area contributed by atoms with Crippen LogP contribution in [0.25, 0.3) is 0 Å². The second-order valence-corrected chi connectivity index (χ2v) is 11.2. The Morgan fingerprint density at radius 2 is 1.65 bits per heavy atom. The molecule has 1 aromatic rings. The maximum atomic E-state index is 15.1. The number of nitrogens with one attached hydrogen (secondary N) is 3. The summed E-state index contributed by atoms with van der Waals surface area (Å²) in [5, 5.41) is 7.95. The van der Waals surface area contributed by atoms with E-state index in [1.165, 1.54) is 12.1 Å². The zero-order valence-electron chi connectivity index (χ0n) is 22.2. The Morgan fingerprint density at radius 3 is 2.11 bits per heavy atom. The smallest absolute Gasteiger partial charge is 0.408 e. The van der Waals surface area contributed by atoms with E-state index in [0.717, 1.165) is 25.7 Å². The van der Waals surface area contributed by atoms with E-state index in [0.29, 0.717) is 17.4 Å². The third kappa shape index (κ3) is 8.04. The van der Waals surface area contributed by atoms with Gasteiger partial charge in [0.1, 0.15) is 17.5 Å². The highest BCUT2D eigenvalue weighted by atomic mass is 19.1. The van der Waals surface area contributed by atoms with Gasteiger partial charge in [-0.25, -0.2) is 9.18 Å². The minimum absolute atomic E-state index is 0.0339. The van der Waals surface area contributed by atoms with Gasteiger partial charge in [0.2, 0.25) is 11.8 Å². The molecule has 2 saturated carbocycles. The molecule has 0 bridgehead atoms. The van der Waals surface area contributed by atoms with E-state index in [2.05, 4.69) is 16.0 Å². The van der Waals surface area contributed by atoms with Gasteiger partial charge in [-0.2, -0.15) is 0 Å². The molecular weight excluding hydrogens is 476 g/mol. The molecule has 2 radical (unpaired) electrons. The Labute approximate surface area is 219 Å². The van der Waals surface area contributed by atoms with E-state index in [1.807, 2.05) is 0 Å². The first-order chi connectivity index (χ1) is 17.3. The molecule has 3 amide bonds. The monoisotopic (exact) mass is 513 g/mol. The largest absolute Gasteiger partial charge is 0.444 e. The Bertz CT molecular complexity index is 1020. The van der Waals surface area contributed by atoms with Crippen LogP contribution in [-0.4, -0.2) is 49.1 Å². The van der Waals surface area contributed by atoms with Gasteiger partial charge >= 0.3 is 6.09 Å². The molecule has 0 heterocycles. The second-order valence-electron chi connectivity index (χ2n) is 11.2. The molecule has 3 rings (SSSR count). The predicted octanol–water partition coefficient (Wildman–Crippen LogP) is 3.79. The van der Waals surface area contributed by atoms with Gasteiger partial charge in [-0.05, 0) is 81.9 Å². The van der Waals surface area contributed by atoms with Crippen LogP contribution in [0.1, 0.15) is 78.2 Å². The molecule has 2 aliphatic carbocycles. The summed E-state index contributed by atoms with van der Waals surface area (Å²) in [4.78, 5) is 49.7. The molecule has 10 heteroatoms. The molecule has 2 aliphatic rings. The molecule has 0 unspecified atom stereocenters. The number of halogens is 1. The number of hydrogen-bond donors (Lipinski definition) is 3. The van der Waals surface area contributed by atoms with Crippen molar-refractivity contribution in [3.05, 3.63) is 29.6 Å². The van der Waals surface area contributed by atoms with Crippen LogP contribution in [-0.2, 0) is 19.1 Å². The summed E-state index contributed by atoms with van der Waals surface area (Å²) in [5.74, 6) is -1.49. The van der Waals surface area contributed by atoms with Crippen molar-refractivity contribution < 1.29 is 28.3 Å². The second kappa shape index (κ2) is 11.6. The summed E-state index contributed by atoms with van der Waals surface area (Å²) in [6.45, 7) is 8.55. The molecule has 3 atom stereocenters. The van der Waals surface area contributed by atoms with Crippen molar-refractivity contribution in [1.82, 2.24) is 10.6 Å². The summed E-state index contributed by atoms with van der Waals surface area (Å²) in [7, 11) is 5.46. The van der Waals surface area contributed by atoms with Gasteiger partial charge in [-0.3, -0.25) is 9.59 Å². The minimum atomic E-state index is -1.01. The first kappa shape index (κ1) is 28.7. The lowest BCUT2D eigenvalue weighted by atomic mass is 9.83. The first-order valence-electron chi connectivity index (χ1n) is 13.0. The first-order valence-corrected chi connectivity index (χ1v) is 13.0. The van der Waals surface area contributed by atoms with Crippen molar-refractivity contribution in [2.45, 2.75) is 90.3 Å². The molecule has 37 heavy (non-hydrogen) atoms. The van der Waals surface area contributed by atoms with Gasteiger partial charge in [-0.1, -0.05) is 19.9 Å². The number of hydrogen-bond acceptors (Lipinski definition) is 5. The lowest BCUT2D eigenvalue weighted by molar-refractivity contribution is -0.125. The number of benzene rings is 1. The van der Waals surface area contributed by atoms with Gasteiger partial charge in [-0.15, -0.1) is 0 Å². The summed E-state index contributed by atoms with van der Waals surface area (Å²) >= 11 is 0. The van der Waals surface area contributed by atoms with Crippen LogP contribution < -0.4 is 16.0 Å². The van der Waals surface area contributed by atoms with E-state index < -0.39 is 47.1 Å². The average Bonchev–Trinajstić information content (AvgIpc) is 3.71. The van der Waals surface area contributed by atoms with Gasteiger partial charge in [0.15, 0.2) is 7.85 Å². The highest BCUT2D eigenvalue weighted by Gasteiger charge is 2.48. The lowest BCUT2D eigenvalue weighted by Crippen LogP contribution is -2.51. The molecule has 8 nitrogen and oxygen atoms in total. The maximum Gasteiger partial charge on any atom is 0.408 e. The van der Waals surface area contributed by atoms with Crippen molar-refractivity contribution in [2.24, 2.45) is 17.8 Å². The van der Waals surface area contributed by atoms with Crippen LogP contribution in [0.4, 0.5) is 14.9 Å². The quantitative estimate of drug-likeness (QED) is 0.390. The molecule has 1 aromatic carbocycles. The van der Waals surface area contributed by atoms with Crippen molar-refractivity contribution >= 4 is 37.1 Å². The highest BCUT2D eigenvalue weighted by molar-refractivity contribution is 6.59. The van der Waals surface area contributed by atoms with Gasteiger partial charge in [0.25, 0.3) is 0 Å². The summed E-state index contributed by atoms with van der Waals surface area (Å²) in [6, 6.07) is 2.34. The van der Waals surface area contributed by atoms with E-state index >= 15 is 4.39 Å². The van der Waals surface area contributed by atoms with Gasteiger partial charge in [0, 0.05) is 12.3 Å². The Hall–Kier alpha value is -2.91. The molecule has 2 fully saturated rings. The molecule has 3 N–H and O–H groups in total. The number of anilines is 1. The van der Waals surface area contributed by atoms with E-state index in [9.17, 15) is 19.2 Å². The number of carbonyl (C=O) groups excluding carboxylic acids is 4. The topological polar surface area (TPSA) is 114 Å². The van der Waals surface area contributed by atoms with E-state index in [4.69, 9.17) is 12.6 Å². The molecule has 200 valence electrons. The van der Waals surface area contributed by atoms with Crippen LogP contribution in [0.15, 0.2) is 18.2 Å². The Kier molecular flexibility index (Phi) is 9.02. The SMILES string of the molecule is [B]C(=O)[C@H](NC(=O)CC)[C@@H](C)c1ccc(NC(=O)[C@@H](NC(=O)OC(C)(C)C)C(C2CC2)C2CC2)c(F)c1. The fourth-order valence-electron chi connectivity index (χ4n) is 4.70. The van der Waals surface area contributed by atoms with Gasteiger partial charge < -0.3 is 25.5 Å². The fourth-order valence-corrected chi connectivity index (χ4v) is 4.70.